The van der Waals surface area contributed by atoms with Gasteiger partial charge in [-0.1, -0.05) is 0 Å². The highest BCUT2D eigenvalue weighted by Crippen LogP contribution is 2.36. The monoisotopic (exact) mass is 246 g/mol. The number of fused-ring (bicyclic) bond motifs is 1. The van der Waals surface area contributed by atoms with Gasteiger partial charge in [0.05, 0.1) is 0 Å². The molecule has 0 aromatic carbocycles. The van der Waals surface area contributed by atoms with Crippen molar-refractivity contribution in [3.63, 3.8) is 0 Å². The van der Waals surface area contributed by atoms with Crippen LogP contribution in [0, 0.1) is 13.8 Å². The smallest absolute Gasteiger partial charge is 0.229 e. The summed E-state index contributed by atoms with van der Waals surface area (Å²) in [6.07, 6.45) is 1.34. The van der Waals surface area contributed by atoms with Gasteiger partial charge in [-0.25, -0.2) is 9.97 Å². The van der Waals surface area contributed by atoms with E-state index in [1.54, 1.807) is 0 Å². The highest BCUT2D eigenvalue weighted by molar-refractivity contribution is 7.99. The number of hydrogen-bond donors (Lipinski definition) is 0. The highest BCUT2D eigenvalue weighted by atomic mass is 32.2. The van der Waals surface area contributed by atoms with Crippen LogP contribution >= 0.6 is 23.1 Å². The molecular formula is C9H8F2N2S2. The zero-order valence-corrected chi connectivity index (χ0v) is 9.75. The molecule has 15 heavy (non-hydrogen) atoms. The molecule has 2 aromatic rings. The van der Waals surface area contributed by atoms with E-state index in [2.05, 4.69) is 9.97 Å². The number of thiophene rings is 1. The number of nitrogens with zero attached hydrogens (tertiary/aromatic N) is 2. The van der Waals surface area contributed by atoms with E-state index in [1.807, 2.05) is 13.8 Å². The molecule has 80 valence electrons. The van der Waals surface area contributed by atoms with Gasteiger partial charge in [0.1, 0.15) is 16.2 Å². The largest absolute Gasteiger partial charge is 0.290 e. The lowest BCUT2D eigenvalue weighted by molar-refractivity contribution is 0.252. The van der Waals surface area contributed by atoms with Crippen molar-refractivity contribution in [2.45, 2.75) is 24.6 Å². The number of alkyl halides is 2. The van der Waals surface area contributed by atoms with Crippen LogP contribution in [0.2, 0.25) is 0 Å². The number of aryl methyl sites for hydroxylation is 2. The molecule has 2 rings (SSSR count). The van der Waals surface area contributed by atoms with Gasteiger partial charge in [-0.3, -0.25) is 0 Å². The second-order valence-corrected chi connectivity index (χ2v) is 5.20. The molecule has 0 aliphatic carbocycles. The van der Waals surface area contributed by atoms with Crippen LogP contribution in [0.1, 0.15) is 10.4 Å². The molecule has 0 saturated heterocycles. The molecule has 0 unspecified atom stereocenters. The molecule has 0 bridgehead atoms. The molecule has 6 heteroatoms. The van der Waals surface area contributed by atoms with Gasteiger partial charge in [-0.15, -0.1) is 11.3 Å². The van der Waals surface area contributed by atoms with Crippen LogP contribution in [-0.2, 0) is 0 Å². The van der Waals surface area contributed by atoms with Gasteiger partial charge in [0.15, 0.2) is 0 Å². The van der Waals surface area contributed by atoms with Crippen LogP contribution in [0.15, 0.2) is 11.4 Å². The number of hydrogen-bond acceptors (Lipinski definition) is 4. The summed E-state index contributed by atoms with van der Waals surface area (Å²) in [6.45, 7) is 3.87. The third-order valence-electron chi connectivity index (χ3n) is 2.13. The Kier molecular flexibility index (Phi) is 2.88. The van der Waals surface area contributed by atoms with Gasteiger partial charge < -0.3 is 0 Å². The lowest BCUT2D eigenvalue weighted by atomic mass is 10.2. The fraction of sp³-hybridized carbons (Fsp3) is 0.333. The fourth-order valence-electron chi connectivity index (χ4n) is 1.32. The number of aromatic nitrogens is 2. The highest BCUT2D eigenvalue weighted by Gasteiger charge is 2.15. The van der Waals surface area contributed by atoms with Gasteiger partial charge >= 0.3 is 0 Å². The van der Waals surface area contributed by atoms with Gasteiger partial charge in [0, 0.05) is 10.3 Å². The van der Waals surface area contributed by atoms with Gasteiger partial charge in [-0.05, 0) is 31.2 Å². The molecule has 2 heterocycles. The Morgan fingerprint density at radius 2 is 2.07 bits per heavy atom. The van der Waals surface area contributed by atoms with Crippen LogP contribution in [0.25, 0.3) is 10.2 Å². The Bertz CT molecular complexity index is 496. The normalized spacial score (nSPS) is 11.5. The maximum absolute atomic E-state index is 12.3. The number of thioether (sulfide) groups is 1. The molecular weight excluding hydrogens is 238 g/mol. The molecule has 0 spiro atoms. The summed E-state index contributed by atoms with van der Waals surface area (Å²) >= 11 is 1.99. The quantitative estimate of drug-likeness (QED) is 0.598. The summed E-state index contributed by atoms with van der Waals surface area (Å²) in [7, 11) is 0. The Labute approximate surface area is 93.7 Å². The Morgan fingerprint density at radius 3 is 2.73 bits per heavy atom. The molecule has 0 radical (unpaired) electrons. The standard InChI is InChI=1S/C9H8F2N2S2/c1-4-5(2)14-7-6(4)8(13-3-12-7)15-9(10)11/h3,9H,1-2H3. The molecule has 2 nitrogen and oxygen atoms in total. The van der Waals surface area contributed by atoms with E-state index in [0.29, 0.717) is 16.8 Å². The Morgan fingerprint density at radius 1 is 1.33 bits per heavy atom. The predicted octanol–water partition coefficient (Wildman–Crippen LogP) is 3.62. The van der Waals surface area contributed by atoms with Crippen LogP contribution in [0.4, 0.5) is 8.78 Å². The summed E-state index contributed by atoms with van der Waals surface area (Å²) in [5.74, 6) is -2.44. The van der Waals surface area contributed by atoms with E-state index in [0.717, 1.165) is 20.7 Å². The van der Waals surface area contributed by atoms with E-state index in [-0.39, 0.29) is 0 Å². The van der Waals surface area contributed by atoms with E-state index < -0.39 is 5.76 Å². The first-order valence-electron chi connectivity index (χ1n) is 4.25. The first-order valence-corrected chi connectivity index (χ1v) is 5.94. The minimum Gasteiger partial charge on any atom is -0.229 e. The van der Waals surface area contributed by atoms with Crippen molar-refractivity contribution >= 4 is 33.3 Å². The van der Waals surface area contributed by atoms with Gasteiger partial charge in [-0.2, -0.15) is 8.78 Å². The molecule has 0 aliphatic rings. The van der Waals surface area contributed by atoms with E-state index >= 15 is 0 Å². The molecule has 0 aliphatic heterocycles. The lowest BCUT2D eigenvalue weighted by Crippen LogP contribution is -1.88. The third kappa shape index (κ3) is 1.96. The maximum atomic E-state index is 12.3. The summed E-state index contributed by atoms with van der Waals surface area (Å²) in [5, 5.41) is 1.14. The van der Waals surface area contributed by atoms with E-state index in [4.69, 9.17) is 0 Å². The number of halogens is 2. The topological polar surface area (TPSA) is 25.8 Å². The first kappa shape index (κ1) is 10.8. The van der Waals surface area contributed by atoms with Crippen LogP contribution in [0.5, 0.6) is 0 Å². The van der Waals surface area contributed by atoms with Crippen molar-refractivity contribution in [3.8, 4) is 0 Å². The first-order chi connectivity index (χ1) is 7.09. The van der Waals surface area contributed by atoms with E-state index in [9.17, 15) is 8.78 Å². The van der Waals surface area contributed by atoms with Crippen molar-refractivity contribution in [1.82, 2.24) is 9.97 Å². The van der Waals surface area contributed by atoms with Crippen molar-refractivity contribution in [3.05, 3.63) is 16.8 Å². The van der Waals surface area contributed by atoms with E-state index in [1.165, 1.54) is 17.7 Å². The summed E-state index contributed by atoms with van der Waals surface area (Å²) in [4.78, 5) is 9.86. The zero-order valence-electron chi connectivity index (χ0n) is 8.12. The minimum atomic E-state index is -2.44. The van der Waals surface area contributed by atoms with Crippen molar-refractivity contribution in [2.24, 2.45) is 0 Å². The second-order valence-electron chi connectivity index (χ2n) is 3.02. The molecule has 0 N–H and O–H groups in total. The maximum Gasteiger partial charge on any atom is 0.290 e. The van der Waals surface area contributed by atoms with Crippen LogP contribution in [0.3, 0.4) is 0 Å². The Hall–Kier alpha value is -0.750. The molecule has 0 amide bonds. The minimum absolute atomic E-state index is 0.372. The molecule has 0 atom stereocenters. The fourth-order valence-corrected chi connectivity index (χ4v) is 3.03. The summed E-state index contributed by atoms with van der Waals surface area (Å²) in [5.41, 5.74) is 0.999. The average Bonchev–Trinajstić information content (AvgIpc) is 2.43. The van der Waals surface area contributed by atoms with Crippen molar-refractivity contribution in [1.29, 1.82) is 0 Å². The SMILES string of the molecule is Cc1sc2ncnc(SC(F)F)c2c1C. The summed E-state index contributed by atoms with van der Waals surface area (Å²) in [6, 6.07) is 0. The van der Waals surface area contributed by atoms with Gasteiger partial charge in [0.25, 0.3) is 5.76 Å². The third-order valence-corrected chi connectivity index (χ3v) is 3.96. The van der Waals surface area contributed by atoms with Crippen molar-refractivity contribution in [2.75, 3.05) is 0 Å². The average molecular weight is 246 g/mol. The summed E-state index contributed by atoms with van der Waals surface area (Å²) < 4.78 is 24.6. The van der Waals surface area contributed by atoms with Gasteiger partial charge in [0.2, 0.25) is 0 Å². The molecule has 2 aromatic heterocycles. The second kappa shape index (κ2) is 4.02. The Balaban J connectivity index is 2.63. The van der Waals surface area contributed by atoms with Crippen LogP contribution in [-0.4, -0.2) is 15.7 Å². The van der Waals surface area contributed by atoms with Crippen LogP contribution < -0.4 is 0 Å². The lowest BCUT2D eigenvalue weighted by Gasteiger charge is -2.01. The predicted molar refractivity (Wildman–Crippen MR) is 58.8 cm³/mol. The molecule has 0 saturated carbocycles. The zero-order chi connectivity index (χ0) is 11.0. The number of rotatable bonds is 2. The molecule has 0 fully saturated rings. The van der Waals surface area contributed by atoms with Crippen molar-refractivity contribution < 1.29 is 8.78 Å².